The first-order chi connectivity index (χ1) is 5.12. The standard InChI is InChI=1S/C5H14BrN2O2P/c1-2-4-7-11(9,10)8-5-3-6/h2-5H2,1H3,(H3,7,8,9,10). The summed E-state index contributed by atoms with van der Waals surface area (Å²) in [4.78, 5) is 9.09. The molecule has 0 rings (SSSR count). The fourth-order valence-corrected chi connectivity index (χ4v) is 2.07. The Bertz CT molecular complexity index is 132. The molecule has 4 nitrogen and oxygen atoms in total. The molecule has 6 heteroatoms. The van der Waals surface area contributed by atoms with E-state index in [-0.39, 0.29) is 0 Å². The minimum Gasteiger partial charge on any atom is -0.322 e. The van der Waals surface area contributed by atoms with Crippen molar-refractivity contribution in [1.82, 2.24) is 10.2 Å². The molecule has 0 aromatic rings. The summed E-state index contributed by atoms with van der Waals surface area (Å²) in [7, 11) is -3.26. The minimum atomic E-state index is -3.26. The Balaban J connectivity index is 3.53. The normalized spacial score (nSPS) is 16.3. The maximum absolute atomic E-state index is 11.0. The van der Waals surface area contributed by atoms with Crippen LogP contribution in [0.2, 0.25) is 0 Å². The molecular weight excluding hydrogens is 231 g/mol. The molecule has 3 N–H and O–H groups in total. The highest BCUT2D eigenvalue weighted by Gasteiger charge is 2.13. The Morgan fingerprint density at radius 3 is 2.45 bits per heavy atom. The van der Waals surface area contributed by atoms with E-state index in [1.165, 1.54) is 0 Å². The van der Waals surface area contributed by atoms with Gasteiger partial charge in [0.05, 0.1) is 0 Å². The van der Waals surface area contributed by atoms with E-state index < -0.39 is 7.67 Å². The predicted octanol–water partition coefficient (Wildman–Crippen LogP) is 1.07. The fraction of sp³-hybridized carbons (Fsp3) is 1.00. The molecule has 0 bridgehead atoms. The second-order valence-corrected chi connectivity index (χ2v) is 4.66. The molecular formula is C5H14BrN2O2P. The first-order valence-corrected chi connectivity index (χ1v) is 6.29. The van der Waals surface area contributed by atoms with Crippen LogP contribution in [0.25, 0.3) is 0 Å². The van der Waals surface area contributed by atoms with Crippen LogP contribution in [0.5, 0.6) is 0 Å². The van der Waals surface area contributed by atoms with E-state index >= 15 is 0 Å². The number of alkyl halides is 1. The first kappa shape index (κ1) is 11.6. The highest BCUT2D eigenvalue weighted by molar-refractivity contribution is 9.09. The van der Waals surface area contributed by atoms with Crippen LogP contribution < -0.4 is 10.2 Å². The van der Waals surface area contributed by atoms with Gasteiger partial charge in [0, 0.05) is 18.4 Å². The van der Waals surface area contributed by atoms with Crippen LogP contribution in [0.15, 0.2) is 0 Å². The number of rotatable bonds is 6. The number of hydrogen-bond acceptors (Lipinski definition) is 1. The van der Waals surface area contributed by atoms with Gasteiger partial charge in [-0.2, -0.15) is 0 Å². The largest absolute Gasteiger partial charge is 0.338 e. The van der Waals surface area contributed by atoms with Crippen molar-refractivity contribution in [2.45, 2.75) is 13.3 Å². The van der Waals surface area contributed by atoms with Crippen molar-refractivity contribution in [3.05, 3.63) is 0 Å². The van der Waals surface area contributed by atoms with Crippen molar-refractivity contribution in [3.63, 3.8) is 0 Å². The van der Waals surface area contributed by atoms with Crippen LogP contribution in [-0.2, 0) is 4.57 Å². The van der Waals surface area contributed by atoms with E-state index in [0.717, 1.165) is 6.42 Å². The van der Waals surface area contributed by atoms with Gasteiger partial charge in [0.2, 0.25) is 0 Å². The Morgan fingerprint density at radius 1 is 1.45 bits per heavy atom. The average Bonchev–Trinajstić information content (AvgIpc) is 1.97. The second kappa shape index (κ2) is 6.14. The summed E-state index contributed by atoms with van der Waals surface area (Å²) in [6, 6.07) is 0. The Morgan fingerprint density at radius 2 is 2.00 bits per heavy atom. The maximum atomic E-state index is 11.0. The summed E-state index contributed by atoms with van der Waals surface area (Å²) in [6.45, 7) is 2.99. The maximum Gasteiger partial charge on any atom is 0.338 e. The molecule has 11 heavy (non-hydrogen) atoms. The minimum absolute atomic E-state index is 0.491. The molecule has 0 aliphatic rings. The van der Waals surface area contributed by atoms with Gasteiger partial charge in [0.15, 0.2) is 0 Å². The monoisotopic (exact) mass is 244 g/mol. The molecule has 68 valence electrons. The molecule has 0 aliphatic carbocycles. The molecule has 0 amide bonds. The Kier molecular flexibility index (Phi) is 6.47. The van der Waals surface area contributed by atoms with Gasteiger partial charge in [-0.15, -0.1) is 0 Å². The molecule has 0 saturated carbocycles. The van der Waals surface area contributed by atoms with Crippen LogP contribution in [0.4, 0.5) is 0 Å². The van der Waals surface area contributed by atoms with Gasteiger partial charge in [-0.3, -0.25) is 4.57 Å². The molecule has 0 aromatic heterocycles. The van der Waals surface area contributed by atoms with Gasteiger partial charge < -0.3 is 4.89 Å². The van der Waals surface area contributed by atoms with Gasteiger partial charge >= 0.3 is 7.67 Å². The van der Waals surface area contributed by atoms with Crippen molar-refractivity contribution in [2.24, 2.45) is 0 Å². The highest BCUT2D eigenvalue weighted by atomic mass is 79.9. The summed E-state index contributed by atoms with van der Waals surface area (Å²) < 4.78 is 11.0. The van der Waals surface area contributed by atoms with E-state index in [1.807, 2.05) is 6.92 Å². The van der Waals surface area contributed by atoms with Crippen LogP contribution in [-0.4, -0.2) is 23.3 Å². The first-order valence-electron chi connectivity index (χ1n) is 3.51. The topological polar surface area (TPSA) is 61.4 Å². The van der Waals surface area contributed by atoms with E-state index in [0.29, 0.717) is 18.4 Å². The summed E-state index contributed by atoms with van der Waals surface area (Å²) in [5.74, 6) is 0. The summed E-state index contributed by atoms with van der Waals surface area (Å²) in [5, 5.41) is 5.69. The number of hydrogen-bond donors (Lipinski definition) is 3. The predicted molar refractivity (Wildman–Crippen MR) is 49.9 cm³/mol. The SMILES string of the molecule is CCCNP(=O)(O)NCCBr. The smallest absolute Gasteiger partial charge is 0.322 e. The van der Waals surface area contributed by atoms with Crippen molar-refractivity contribution >= 4 is 23.6 Å². The third kappa shape index (κ3) is 6.97. The Hall–Kier alpha value is 0.590. The zero-order valence-electron chi connectivity index (χ0n) is 6.51. The number of halogens is 1. The lowest BCUT2D eigenvalue weighted by Crippen LogP contribution is -2.23. The van der Waals surface area contributed by atoms with Gasteiger partial charge in [0.25, 0.3) is 0 Å². The van der Waals surface area contributed by atoms with E-state index in [2.05, 4.69) is 26.1 Å². The average molecular weight is 245 g/mol. The summed E-state index contributed by atoms with van der Waals surface area (Å²) >= 11 is 3.15. The molecule has 0 saturated heterocycles. The van der Waals surface area contributed by atoms with Crippen LogP contribution in [0, 0.1) is 0 Å². The fourth-order valence-electron chi connectivity index (χ4n) is 0.513. The third-order valence-corrected chi connectivity index (χ3v) is 2.70. The molecule has 1 unspecified atom stereocenters. The van der Waals surface area contributed by atoms with Gasteiger partial charge in [-0.25, -0.2) is 10.2 Å². The van der Waals surface area contributed by atoms with E-state index in [4.69, 9.17) is 4.89 Å². The third-order valence-electron chi connectivity index (χ3n) is 0.997. The zero-order valence-corrected chi connectivity index (χ0v) is 8.99. The van der Waals surface area contributed by atoms with Gasteiger partial charge in [-0.1, -0.05) is 22.9 Å². The lowest BCUT2D eigenvalue weighted by atomic mass is 10.5. The quantitative estimate of drug-likeness (QED) is 0.484. The lowest BCUT2D eigenvalue weighted by Gasteiger charge is -2.12. The van der Waals surface area contributed by atoms with Crippen molar-refractivity contribution in [3.8, 4) is 0 Å². The zero-order chi connectivity index (χ0) is 8.74. The molecule has 0 radical (unpaired) electrons. The summed E-state index contributed by atoms with van der Waals surface area (Å²) in [5.41, 5.74) is 0. The number of nitrogens with one attached hydrogen (secondary N) is 2. The van der Waals surface area contributed by atoms with Gasteiger partial charge in [-0.05, 0) is 6.42 Å². The molecule has 0 aliphatic heterocycles. The second-order valence-electron chi connectivity index (χ2n) is 2.08. The van der Waals surface area contributed by atoms with Crippen LogP contribution in [0.1, 0.15) is 13.3 Å². The molecule has 0 heterocycles. The summed E-state index contributed by atoms with van der Waals surface area (Å²) in [6.07, 6.45) is 0.848. The molecule has 0 spiro atoms. The Labute approximate surface area is 75.4 Å². The van der Waals surface area contributed by atoms with Crippen LogP contribution in [0.3, 0.4) is 0 Å². The van der Waals surface area contributed by atoms with Crippen molar-refractivity contribution < 1.29 is 9.46 Å². The molecule has 0 fully saturated rings. The van der Waals surface area contributed by atoms with Gasteiger partial charge in [0.1, 0.15) is 0 Å². The van der Waals surface area contributed by atoms with Crippen LogP contribution >= 0.6 is 23.6 Å². The van der Waals surface area contributed by atoms with E-state index in [9.17, 15) is 4.57 Å². The van der Waals surface area contributed by atoms with E-state index in [1.54, 1.807) is 0 Å². The molecule has 0 aromatic carbocycles. The lowest BCUT2D eigenvalue weighted by molar-refractivity contribution is 0.449. The van der Waals surface area contributed by atoms with Crippen molar-refractivity contribution in [1.29, 1.82) is 0 Å². The van der Waals surface area contributed by atoms with Crippen molar-refractivity contribution in [2.75, 3.05) is 18.4 Å². The highest BCUT2D eigenvalue weighted by Crippen LogP contribution is 2.28. The molecule has 1 atom stereocenters.